The highest BCUT2D eigenvalue weighted by Gasteiger charge is 2.45. The molecule has 2 aromatic carbocycles. The van der Waals surface area contributed by atoms with E-state index in [0.717, 1.165) is 11.1 Å². The quantitative estimate of drug-likeness (QED) is 0.597. The van der Waals surface area contributed by atoms with Gasteiger partial charge >= 0.3 is 12.2 Å². The monoisotopic (exact) mass is 440 g/mol. The number of nitrogens with zero attached hydrogens (tertiary/aromatic N) is 2. The minimum atomic E-state index is -0.918. The normalized spacial score (nSPS) is 13.0. The van der Waals surface area contributed by atoms with Crippen molar-refractivity contribution in [3.8, 4) is 5.75 Å². The van der Waals surface area contributed by atoms with Gasteiger partial charge in [-0.25, -0.2) is 9.59 Å². The molecule has 1 aliphatic rings. The number of hydrogen-bond acceptors (Lipinski definition) is 6. The van der Waals surface area contributed by atoms with Gasteiger partial charge in [-0.2, -0.15) is 0 Å². The summed E-state index contributed by atoms with van der Waals surface area (Å²) in [6.45, 7) is 7.57. The van der Waals surface area contributed by atoms with Crippen LogP contribution in [-0.4, -0.2) is 44.5 Å². The fraction of sp³-hybridized carbons (Fsp3) is 0.375. The Balaban J connectivity index is 2.06. The zero-order chi connectivity index (χ0) is 23.4. The summed E-state index contributed by atoms with van der Waals surface area (Å²) in [7, 11) is 1.55. The molecule has 0 aromatic heterocycles. The lowest BCUT2D eigenvalue weighted by Crippen LogP contribution is -2.50. The van der Waals surface area contributed by atoms with Crippen LogP contribution in [0.3, 0.4) is 0 Å². The molecule has 1 aliphatic heterocycles. The Morgan fingerprint density at radius 2 is 1.31 bits per heavy atom. The standard InChI is InChI=1S/C24H28N2O6/c1-6-31-23(28)25-19-12-15(3)16(4)13-20(19)26(24(29)32-7-2)22(25)14-21(27)17-8-10-18(30-5)11-9-17/h8-13,22H,6-7,14H2,1-5H3. The molecule has 0 fully saturated rings. The number of carbonyl (C=O) groups excluding carboxylic acids is 3. The van der Waals surface area contributed by atoms with E-state index in [9.17, 15) is 14.4 Å². The minimum Gasteiger partial charge on any atom is -0.497 e. The molecular formula is C24H28N2O6. The number of Topliss-reactive ketones (excluding diaryl/α,β-unsaturated/α-hetero) is 1. The summed E-state index contributed by atoms with van der Waals surface area (Å²) >= 11 is 0. The zero-order valence-electron chi connectivity index (χ0n) is 19.0. The van der Waals surface area contributed by atoms with Crippen LogP contribution in [0, 0.1) is 13.8 Å². The van der Waals surface area contributed by atoms with Gasteiger partial charge in [-0.3, -0.25) is 14.6 Å². The van der Waals surface area contributed by atoms with Gasteiger partial charge in [-0.05, 0) is 75.2 Å². The summed E-state index contributed by atoms with van der Waals surface area (Å²) in [5, 5.41) is 0. The van der Waals surface area contributed by atoms with Gasteiger partial charge < -0.3 is 14.2 Å². The van der Waals surface area contributed by atoms with Crippen LogP contribution < -0.4 is 14.5 Å². The number of ether oxygens (including phenoxy) is 3. The first kappa shape index (κ1) is 23.1. The van der Waals surface area contributed by atoms with Gasteiger partial charge in [0.05, 0.1) is 38.1 Å². The van der Waals surface area contributed by atoms with E-state index in [1.165, 1.54) is 9.80 Å². The number of hydrogen-bond donors (Lipinski definition) is 0. The van der Waals surface area contributed by atoms with E-state index in [4.69, 9.17) is 14.2 Å². The van der Waals surface area contributed by atoms with Gasteiger partial charge in [-0.15, -0.1) is 0 Å². The third-order valence-corrected chi connectivity index (χ3v) is 5.42. The summed E-state index contributed by atoms with van der Waals surface area (Å²) in [4.78, 5) is 41.7. The molecule has 32 heavy (non-hydrogen) atoms. The van der Waals surface area contributed by atoms with Gasteiger partial charge in [0.1, 0.15) is 11.9 Å². The lowest BCUT2D eigenvalue weighted by Gasteiger charge is -2.29. The van der Waals surface area contributed by atoms with Crippen LogP contribution in [-0.2, 0) is 9.47 Å². The highest BCUT2D eigenvalue weighted by atomic mass is 16.6. The van der Waals surface area contributed by atoms with Crippen LogP contribution in [0.1, 0.15) is 41.8 Å². The molecule has 0 unspecified atom stereocenters. The number of fused-ring (bicyclic) bond motifs is 1. The van der Waals surface area contributed by atoms with Crippen LogP contribution in [0.15, 0.2) is 36.4 Å². The number of anilines is 2. The molecule has 3 rings (SSSR count). The topological polar surface area (TPSA) is 85.4 Å². The first-order chi connectivity index (χ1) is 15.3. The molecule has 8 nitrogen and oxygen atoms in total. The summed E-state index contributed by atoms with van der Waals surface area (Å²) < 4.78 is 15.7. The average Bonchev–Trinajstić information content (AvgIpc) is 3.07. The van der Waals surface area contributed by atoms with Crippen molar-refractivity contribution in [1.29, 1.82) is 0 Å². The molecule has 0 radical (unpaired) electrons. The number of ketones is 1. The maximum Gasteiger partial charge on any atom is 0.416 e. The second kappa shape index (κ2) is 9.72. The van der Waals surface area contributed by atoms with E-state index in [1.54, 1.807) is 45.2 Å². The van der Waals surface area contributed by atoms with E-state index in [0.29, 0.717) is 22.7 Å². The third kappa shape index (κ3) is 4.39. The molecular weight excluding hydrogens is 412 g/mol. The molecule has 0 N–H and O–H groups in total. The first-order valence-corrected chi connectivity index (χ1v) is 10.5. The Bertz CT molecular complexity index is 967. The minimum absolute atomic E-state index is 0.128. The number of rotatable bonds is 6. The van der Waals surface area contributed by atoms with Crippen LogP contribution >= 0.6 is 0 Å². The largest absolute Gasteiger partial charge is 0.497 e. The fourth-order valence-corrected chi connectivity index (χ4v) is 3.68. The molecule has 0 atom stereocenters. The van der Waals surface area contributed by atoms with Gasteiger partial charge in [0.2, 0.25) is 0 Å². The number of benzene rings is 2. The average molecular weight is 440 g/mol. The van der Waals surface area contributed by atoms with Crippen molar-refractivity contribution in [2.75, 3.05) is 30.1 Å². The Morgan fingerprint density at radius 1 is 0.844 bits per heavy atom. The van der Waals surface area contributed by atoms with Crippen LogP contribution in [0.25, 0.3) is 0 Å². The lowest BCUT2D eigenvalue weighted by atomic mass is 10.1. The molecule has 0 saturated carbocycles. The van der Waals surface area contributed by atoms with Crippen LogP contribution in [0.4, 0.5) is 21.0 Å². The van der Waals surface area contributed by atoms with Crippen LogP contribution in [0.5, 0.6) is 5.75 Å². The Hall–Kier alpha value is -3.55. The molecule has 0 bridgehead atoms. The van der Waals surface area contributed by atoms with Gasteiger partial charge in [0.15, 0.2) is 5.78 Å². The number of carbonyl (C=O) groups is 3. The Labute approximate surface area is 187 Å². The molecule has 2 aromatic rings. The van der Waals surface area contributed by atoms with Gasteiger partial charge in [-0.1, -0.05) is 0 Å². The first-order valence-electron chi connectivity index (χ1n) is 10.5. The summed E-state index contributed by atoms with van der Waals surface area (Å²) in [6.07, 6.45) is -2.30. The Morgan fingerprint density at radius 3 is 1.72 bits per heavy atom. The second-order valence-corrected chi connectivity index (χ2v) is 7.40. The van der Waals surface area contributed by atoms with E-state index in [2.05, 4.69) is 0 Å². The molecule has 0 aliphatic carbocycles. The SMILES string of the molecule is CCOC(=O)N1c2cc(C)c(C)cc2N(C(=O)OCC)C1CC(=O)c1ccc(OC)cc1. The molecule has 2 amide bonds. The van der Waals surface area contributed by atoms with E-state index >= 15 is 0 Å². The maximum absolute atomic E-state index is 13.1. The Kier molecular flexibility index (Phi) is 7.02. The number of aryl methyl sites for hydroxylation is 2. The van der Waals surface area contributed by atoms with E-state index < -0.39 is 18.4 Å². The van der Waals surface area contributed by atoms with Crippen LogP contribution in [0.2, 0.25) is 0 Å². The van der Waals surface area contributed by atoms with Crippen molar-refractivity contribution >= 4 is 29.3 Å². The highest BCUT2D eigenvalue weighted by molar-refractivity contribution is 6.07. The van der Waals surface area contributed by atoms with Crippen molar-refractivity contribution in [3.05, 3.63) is 53.1 Å². The van der Waals surface area contributed by atoms with Crippen molar-refractivity contribution in [1.82, 2.24) is 0 Å². The predicted octanol–water partition coefficient (Wildman–Crippen LogP) is 4.85. The number of methoxy groups -OCH3 is 1. The maximum atomic E-state index is 13.1. The highest BCUT2D eigenvalue weighted by Crippen LogP contribution is 2.43. The molecule has 0 saturated heterocycles. The summed E-state index contributed by atoms with van der Waals surface area (Å²) in [6, 6.07) is 10.3. The fourth-order valence-electron chi connectivity index (χ4n) is 3.68. The molecule has 8 heteroatoms. The third-order valence-electron chi connectivity index (χ3n) is 5.42. The lowest BCUT2D eigenvalue weighted by molar-refractivity contribution is 0.0970. The zero-order valence-corrected chi connectivity index (χ0v) is 19.0. The molecule has 170 valence electrons. The molecule has 1 heterocycles. The second-order valence-electron chi connectivity index (χ2n) is 7.40. The van der Waals surface area contributed by atoms with Crippen molar-refractivity contribution < 1.29 is 28.6 Å². The van der Waals surface area contributed by atoms with E-state index in [-0.39, 0.29) is 25.4 Å². The van der Waals surface area contributed by atoms with Crippen molar-refractivity contribution in [2.45, 2.75) is 40.3 Å². The summed E-state index contributed by atoms with van der Waals surface area (Å²) in [5.41, 5.74) is 3.36. The smallest absolute Gasteiger partial charge is 0.416 e. The molecule has 0 spiro atoms. The van der Waals surface area contributed by atoms with Gasteiger partial charge in [0, 0.05) is 5.56 Å². The number of amides is 2. The van der Waals surface area contributed by atoms with E-state index in [1.807, 2.05) is 26.0 Å². The van der Waals surface area contributed by atoms with Gasteiger partial charge in [0.25, 0.3) is 0 Å². The summed E-state index contributed by atoms with van der Waals surface area (Å²) in [5.74, 6) is 0.393. The van der Waals surface area contributed by atoms with Crippen molar-refractivity contribution in [3.63, 3.8) is 0 Å². The van der Waals surface area contributed by atoms with Crippen molar-refractivity contribution in [2.24, 2.45) is 0 Å². The predicted molar refractivity (Wildman–Crippen MR) is 121 cm³/mol.